The summed E-state index contributed by atoms with van der Waals surface area (Å²) in [5, 5.41) is 2.91. The standard InChI is InChI=1S/C11H20N4O/c1-3-4-5-6-7-16-10-8-9(13-2)14-11(12)15-10/h8H,3-7H2,1-2H3,(H3,12,13,14,15). The molecule has 0 radical (unpaired) electrons. The van der Waals surface area contributed by atoms with Crippen LogP contribution >= 0.6 is 0 Å². The Labute approximate surface area is 96.4 Å². The van der Waals surface area contributed by atoms with Crippen LogP contribution in [0.4, 0.5) is 11.8 Å². The molecule has 1 aromatic heterocycles. The van der Waals surface area contributed by atoms with Crippen molar-refractivity contribution in [2.24, 2.45) is 0 Å². The van der Waals surface area contributed by atoms with Gasteiger partial charge < -0.3 is 15.8 Å². The number of nitrogens with two attached hydrogens (primary N) is 1. The molecule has 0 amide bonds. The highest BCUT2D eigenvalue weighted by Crippen LogP contribution is 2.14. The van der Waals surface area contributed by atoms with Crippen molar-refractivity contribution < 1.29 is 4.74 Å². The van der Waals surface area contributed by atoms with Gasteiger partial charge in [0.1, 0.15) is 5.82 Å². The van der Waals surface area contributed by atoms with Crippen molar-refractivity contribution in [3.05, 3.63) is 6.07 Å². The summed E-state index contributed by atoms with van der Waals surface area (Å²) in [6.45, 7) is 2.87. The predicted molar refractivity (Wildman–Crippen MR) is 65.6 cm³/mol. The first kappa shape index (κ1) is 12.5. The van der Waals surface area contributed by atoms with E-state index in [2.05, 4.69) is 22.2 Å². The lowest BCUT2D eigenvalue weighted by Gasteiger charge is -2.07. The zero-order chi connectivity index (χ0) is 11.8. The molecule has 0 aliphatic carbocycles. The molecule has 0 saturated heterocycles. The van der Waals surface area contributed by atoms with Crippen LogP contribution in [-0.4, -0.2) is 23.6 Å². The van der Waals surface area contributed by atoms with Crippen LogP contribution in [-0.2, 0) is 0 Å². The average Bonchev–Trinajstić information content (AvgIpc) is 2.28. The van der Waals surface area contributed by atoms with Gasteiger partial charge in [0.15, 0.2) is 0 Å². The molecule has 1 rings (SSSR count). The molecule has 0 fully saturated rings. The van der Waals surface area contributed by atoms with Gasteiger partial charge in [-0.05, 0) is 6.42 Å². The van der Waals surface area contributed by atoms with E-state index in [1.165, 1.54) is 19.3 Å². The summed E-state index contributed by atoms with van der Waals surface area (Å²) < 4.78 is 5.50. The number of nitrogen functional groups attached to an aromatic ring is 1. The number of anilines is 2. The summed E-state index contributed by atoms with van der Waals surface area (Å²) in [6.07, 6.45) is 4.71. The predicted octanol–water partition coefficient (Wildman–Crippen LogP) is 2.06. The Morgan fingerprint density at radius 1 is 1.31 bits per heavy atom. The van der Waals surface area contributed by atoms with E-state index in [-0.39, 0.29) is 5.95 Å². The van der Waals surface area contributed by atoms with E-state index in [0.29, 0.717) is 18.3 Å². The number of aromatic nitrogens is 2. The molecule has 3 N–H and O–H groups in total. The molecule has 0 aromatic carbocycles. The van der Waals surface area contributed by atoms with Gasteiger partial charge in [-0.2, -0.15) is 9.97 Å². The van der Waals surface area contributed by atoms with Crippen molar-refractivity contribution >= 4 is 11.8 Å². The van der Waals surface area contributed by atoms with Crippen LogP contribution in [0.2, 0.25) is 0 Å². The van der Waals surface area contributed by atoms with E-state index in [0.717, 1.165) is 6.42 Å². The normalized spacial score (nSPS) is 10.1. The number of nitrogens with one attached hydrogen (secondary N) is 1. The third-order valence-corrected chi connectivity index (χ3v) is 2.22. The molecule has 0 saturated carbocycles. The fourth-order valence-corrected chi connectivity index (χ4v) is 1.35. The van der Waals surface area contributed by atoms with E-state index in [1.807, 2.05) is 0 Å². The molecule has 0 spiro atoms. The smallest absolute Gasteiger partial charge is 0.225 e. The highest BCUT2D eigenvalue weighted by molar-refractivity contribution is 5.41. The van der Waals surface area contributed by atoms with Crippen LogP contribution in [0.5, 0.6) is 5.88 Å². The number of hydrogen-bond acceptors (Lipinski definition) is 5. The van der Waals surface area contributed by atoms with Crippen LogP contribution in [0.3, 0.4) is 0 Å². The van der Waals surface area contributed by atoms with E-state index in [4.69, 9.17) is 10.5 Å². The Hall–Kier alpha value is -1.52. The lowest BCUT2D eigenvalue weighted by molar-refractivity contribution is 0.294. The lowest BCUT2D eigenvalue weighted by Crippen LogP contribution is -2.04. The van der Waals surface area contributed by atoms with Gasteiger partial charge in [-0.25, -0.2) is 0 Å². The van der Waals surface area contributed by atoms with Gasteiger partial charge in [-0.1, -0.05) is 26.2 Å². The van der Waals surface area contributed by atoms with Crippen molar-refractivity contribution in [2.75, 3.05) is 24.7 Å². The number of hydrogen-bond donors (Lipinski definition) is 2. The fourth-order valence-electron chi connectivity index (χ4n) is 1.35. The second-order valence-corrected chi connectivity index (χ2v) is 3.61. The molecule has 90 valence electrons. The van der Waals surface area contributed by atoms with Gasteiger partial charge in [0.25, 0.3) is 0 Å². The van der Waals surface area contributed by atoms with Gasteiger partial charge >= 0.3 is 0 Å². The second-order valence-electron chi connectivity index (χ2n) is 3.61. The van der Waals surface area contributed by atoms with Gasteiger partial charge in [0, 0.05) is 13.1 Å². The largest absolute Gasteiger partial charge is 0.477 e. The minimum atomic E-state index is 0.232. The maximum absolute atomic E-state index is 5.54. The summed E-state index contributed by atoms with van der Waals surface area (Å²) in [4.78, 5) is 7.99. The lowest BCUT2D eigenvalue weighted by atomic mass is 10.2. The highest BCUT2D eigenvalue weighted by atomic mass is 16.5. The number of unbranched alkanes of at least 4 members (excludes halogenated alkanes) is 3. The minimum Gasteiger partial charge on any atom is -0.477 e. The summed E-state index contributed by atoms with van der Waals surface area (Å²) in [6, 6.07) is 1.75. The van der Waals surface area contributed by atoms with E-state index >= 15 is 0 Å². The average molecular weight is 224 g/mol. The summed E-state index contributed by atoms with van der Waals surface area (Å²) in [7, 11) is 1.78. The zero-order valence-electron chi connectivity index (χ0n) is 9.99. The fraction of sp³-hybridized carbons (Fsp3) is 0.636. The third kappa shape index (κ3) is 4.33. The summed E-state index contributed by atoms with van der Waals surface area (Å²) in [5.41, 5.74) is 5.54. The maximum Gasteiger partial charge on any atom is 0.225 e. The Balaban J connectivity index is 2.38. The first-order chi connectivity index (χ1) is 7.76. The first-order valence-electron chi connectivity index (χ1n) is 5.71. The van der Waals surface area contributed by atoms with Crippen molar-refractivity contribution in [3.63, 3.8) is 0 Å². The molecule has 1 heterocycles. The zero-order valence-corrected chi connectivity index (χ0v) is 9.99. The Morgan fingerprint density at radius 3 is 2.81 bits per heavy atom. The van der Waals surface area contributed by atoms with Crippen molar-refractivity contribution in [3.8, 4) is 5.88 Å². The Morgan fingerprint density at radius 2 is 2.12 bits per heavy atom. The van der Waals surface area contributed by atoms with Gasteiger partial charge in [0.2, 0.25) is 11.8 Å². The highest BCUT2D eigenvalue weighted by Gasteiger charge is 2.01. The van der Waals surface area contributed by atoms with E-state index in [9.17, 15) is 0 Å². The molecule has 0 aliphatic heterocycles. The van der Waals surface area contributed by atoms with Crippen LogP contribution in [0.1, 0.15) is 32.6 Å². The molecule has 5 heteroatoms. The molecular weight excluding hydrogens is 204 g/mol. The molecule has 0 aliphatic rings. The molecule has 0 atom stereocenters. The second kappa shape index (κ2) is 6.87. The molecule has 5 nitrogen and oxygen atoms in total. The van der Waals surface area contributed by atoms with Crippen LogP contribution in [0, 0.1) is 0 Å². The SMILES string of the molecule is CCCCCCOc1cc(NC)nc(N)n1. The minimum absolute atomic E-state index is 0.232. The maximum atomic E-state index is 5.54. The number of rotatable bonds is 7. The topological polar surface area (TPSA) is 73.1 Å². The van der Waals surface area contributed by atoms with Crippen molar-refractivity contribution in [1.82, 2.24) is 9.97 Å². The van der Waals surface area contributed by atoms with E-state index in [1.54, 1.807) is 13.1 Å². The third-order valence-electron chi connectivity index (χ3n) is 2.22. The molecule has 0 bridgehead atoms. The molecule has 0 unspecified atom stereocenters. The van der Waals surface area contributed by atoms with Gasteiger partial charge in [0.05, 0.1) is 6.61 Å². The quantitative estimate of drug-likeness (QED) is 0.693. The van der Waals surface area contributed by atoms with Crippen molar-refractivity contribution in [1.29, 1.82) is 0 Å². The van der Waals surface area contributed by atoms with Crippen LogP contribution in [0.25, 0.3) is 0 Å². The molecule has 16 heavy (non-hydrogen) atoms. The summed E-state index contributed by atoms with van der Waals surface area (Å²) in [5.74, 6) is 1.44. The van der Waals surface area contributed by atoms with Gasteiger partial charge in [-0.15, -0.1) is 0 Å². The molecular formula is C11H20N4O. The summed E-state index contributed by atoms with van der Waals surface area (Å²) >= 11 is 0. The first-order valence-corrected chi connectivity index (χ1v) is 5.71. The number of nitrogens with zero attached hydrogens (tertiary/aromatic N) is 2. The molecule has 1 aromatic rings. The monoisotopic (exact) mass is 224 g/mol. The van der Waals surface area contributed by atoms with Crippen molar-refractivity contribution in [2.45, 2.75) is 32.6 Å². The van der Waals surface area contributed by atoms with Crippen LogP contribution < -0.4 is 15.8 Å². The van der Waals surface area contributed by atoms with Gasteiger partial charge in [-0.3, -0.25) is 0 Å². The Kier molecular flexibility index (Phi) is 5.39. The number of ether oxygens (including phenoxy) is 1. The van der Waals surface area contributed by atoms with Crippen LogP contribution in [0.15, 0.2) is 6.07 Å². The van der Waals surface area contributed by atoms with E-state index < -0.39 is 0 Å². The Bertz CT molecular complexity index is 317.